The Hall–Kier alpha value is -1.59. The highest BCUT2D eigenvalue weighted by Gasteiger charge is 2.19. The third-order valence-electron chi connectivity index (χ3n) is 8.79. The molecule has 0 amide bonds. The Morgan fingerprint density at radius 1 is 0.413 bits per heavy atom. The van der Waals surface area contributed by atoms with Crippen LogP contribution < -0.4 is 0 Å². The van der Waals surface area contributed by atoms with Crippen molar-refractivity contribution in [1.29, 1.82) is 0 Å². The van der Waals surface area contributed by atoms with Crippen molar-refractivity contribution in [2.45, 2.75) is 220 Å². The van der Waals surface area contributed by atoms with E-state index >= 15 is 0 Å². The second-order valence-corrected chi connectivity index (χ2v) is 14.0. The number of carbonyl (C=O) groups excluding carboxylic acids is 3. The summed E-state index contributed by atoms with van der Waals surface area (Å²) >= 11 is 0. The maximum atomic E-state index is 12.6. The highest BCUT2D eigenvalue weighted by Crippen LogP contribution is 2.15. The highest BCUT2D eigenvalue weighted by atomic mass is 16.6. The van der Waals surface area contributed by atoms with Crippen LogP contribution in [0.15, 0.2) is 0 Å². The summed E-state index contributed by atoms with van der Waals surface area (Å²) in [5, 5.41) is 0. The molecule has 6 nitrogen and oxygen atoms in total. The molecule has 6 heteroatoms. The van der Waals surface area contributed by atoms with Gasteiger partial charge in [-0.15, -0.1) is 0 Å². The lowest BCUT2D eigenvalue weighted by Gasteiger charge is -2.18. The average molecular weight is 653 g/mol. The maximum Gasteiger partial charge on any atom is 0.306 e. The van der Waals surface area contributed by atoms with E-state index in [9.17, 15) is 14.4 Å². The van der Waals surface area contributed by atoms with E-state index in [0.717, 1.165) is 63.7 Å². The lowest BCUT2D eigenvalue weighted by molar-refractivity contribution is -0.167. The van der Waals surface area contributed by atoms with Gasteiger partial charge in [0.25, 0.3) is 0 Å². The molecule has 0 bridgehead atoms. The van der Waals surface area contributed by atoms with Crippen LogP contribution in [0.4, 0.5) is 0 Å². The number of ether oxygens (including phenoxy) is 3. The van der Waals surface area contributed by atoms with Crippen molar-refractivity contribution < 1.29 is 28.6 Å². The van der Waals surface area contributed by atoms with Gasteiger partial charge in [0.05, 0.1) is 0 Å². The van der Waals surface area contributed by atoms with Crippen molar-refractivity contribution in [1.82, 2.24) is 0 Å². The van der Waals surface area contributed by atoms with Crippen molar-refractivity contribution in [2.75, 3.05) is 13.2 Å². The van der Waals surface area contributed by atoms with Crippen LogP contribution in [0.5, 0.6) is 0 Å². The number of hydrogen-bond donors (Lipinski definition) is 0. The second kappa shape index (κ2) is 34.7. The van der Waals surface area contributed by atoms with Crippen LogP contribution in [-0.2, 0) is 28.6 Å². The van der Waals surface area contributed by atoms with Crippen LogP contribution in [0.3, 0.4) is 0 Å². The average Bonchev–Trinajstić information content (AvgIpc) is 3.03. The first-order valence-electron chi connectivity index (χ1n) is 19.9. The predicted molar refractivity (Wildman–Crippen MR) is 192 cm³/mol. The molecule has 0 aliphatic rings. The van der Waals surface area contributed by atoms with Crippen LogP contribution in [0, 0.1) is 5.92 Å². The zero-order valence-corrected chi connectivity index (χ0v) is 31.0. The van der Waals surface area contributed by atoms with Gasteiger partial charge in [-0.05, 0) is 25.2 Å². The Morgan fingerprint density at radius 3 is 1.07 bits per heavy atom. The Labute approximate surface area is 285 Å². The molecule has 0 N–H and O–H groups in total. The first-order valence-corrected chi connectivity index (χ1v) is 19.9. The number of hydrogen-bond acceptors (Lipinski definition) is 6. The zero-order valence-electron chi connectivity index (χ0n) is 31.0. The van der Waals surface area contributed by atoms with E-state index in [0.29, 0.717) is 19.3 Å². The molecule has 46 heavy (non-hydrogen) atoms. The molecule has 272 valence electrons. The summed E-state index contributed by atoms with van der Waals surface area (Å²) in [4.78, 5) is 37.3. The molecule has 0 aliphatic heterocycles. The molecule has 1 atom stereocenters. The fraction of sp³-hybridized carbons (Fsp3) is 0.925. The molecule has 0 aromatic carbocycles. The van der Waals surface area contributed by atoms with Crippen molar-refractivity contribution in [3.05, 3.63) is 0 Å². The van der Waals surface area contributed by atoms with Gasteiger partial charge in [0.15, 0.2) is 6.10 Å². The summed E-state index contributed by atoms with van der Waals surface area (Å²) in [6.07, 6.45) is 31.1. The van der Waals surface area contributed by atoms with Gasteiger partial charge < -0.3 is 14.2 Å². The standard InChI is InChI=1S/C40H76O6/c1-5-7-9-11-13-14-15-16-17-19-25-29-33-40(43)46-37(34-44-38(41)31-27-23-18-12-10-8-6-2)35-45-39(42)32-28-24-21-20-22-26-30-36(3)4/h36-37H,5-35H2,1-4H3/t37-/m1/s1. The third-order valence-corrected chi connectivity index (χ3v) is 8.79. The minimum Gasteiger partial charge on any atom is -0.462 e. The number of unbranched alkanes of at least 4 members (excludes halogenated alkanes) is 22. The van der Waals surface area contributed by atoms with Gasteiger partial charge in [0.1, 0.15) is 13.2 Å². The topological polar surface area (TPSA) is 78.9 Å². The lowest BCUT2D eigenvalue weighted by atomic mass is 10.0. The number of rotatable bonds is 35. The molecule has 0 rings (SSSR count). The van der Waals surface area contributed by atoms with Gasteiger partial charge in [-0.2, -0.15) is 0 Å². The van der Waals surface area contributed by atoms with Crippen LogP contribution in [0.1, 0.15) is 214 Å². The Kier molecular flexibility index (Phi) is 33.5. The van der Waals surface area contributed by atoms with Gasteiger partial charge in [-0.1, -0.05) is 175 Å². The largest absolute Gasteiger partial charge is 0.462 e. The van der Waals surface area contributed by atoms with E-state index in [1.807, 2.05) is 0 Å². The molecule has 0 unspecified atom stereocenters. The zero-order chi connectivity index (χ0) is 33.9. The predicted octanol–water partition coefficient (Wildman–Crippen LogP) is 12.0. The van der Waals surface area contributed by atoms with E-state index < -0.39 is 6.10 Å². The summed E-state index contributed by atoms with van der Waals surface area (Å²) in [5.41, 5.74) is 0. The van der Waals surface area contributed by atoms with Crippen LogP contribution in [0.2, 0.25) is 0 Å². The molecule has 0 fully saturated rings. The lowest BCUT2D eigenvalue weighted by Crippen LogP contribution is -2.30. The third kappa shape index (κ3) is 33.8. The van der Waals surface area contributed by atoms with Crippen LogP contribution in [0.25, 0.3) is 0 Å². The quantitative estimate of drug-likeness (QED) is 0.0385. The van der Waals surface area contributed by atoms with E-state index in [2.05, 4.69) is 27.7 Å². The molecule has 0 aromatic rings. The summed E-state index contributed by atoms with van der Waals surface area (Å²) in [5.74, 6) is -0.110. The molecule has 0 saturated heterocycles. The van der Waals surface area contributed by atoms with Crippen molar-refractivity contribution in [3.8, 4) is 0 Å². The molecule has 0 saturated carbocycles. The van der Waals surface area contributed by atoms with Crippen molar-refractivity contribution >= 4 is 17.9 Å². The summed E-state index contributed by atoms with van der Waals surface area (Å²) in [7, 11) is 0. The van der Waals surface area contributed by atoms with E-state index in [1.54, 1.807) is 0 Å². The van der Waals surface area contributed by atoms with Gasteiger partial charge in [-0.25, -0.2) is 0 Å². The van der Waals surface area contributed by atoms with Crippen molar-refractivity contribution in [3.63, 3.8) is 0 Å². The van der Waals surface area contributed by atoms with Gasteiger partial charge in [0.2, 0.25) is 0 Å². The maximum absolute atomic E-state index is 12.6. The monoisotopic (exact) mass is 653 g/mol. The Balaban J connectivity index is 4.32. The Morgan fingerprint density at radius 2 is 0.717 bits per heavy atom. The van der Waals surface area contributed by atoms with Crippen LogP contribution >= 0.6 is 0 Å². The number of esters is 3. The molecular formula is C40H76O6. The molecule has 0 heterocycles. The van der Waals surface area contributed by atoms with Gasteiger partial charge in [0, 0.05) is 19.3 Å². The fourth-order valence-electron chi connectivity index (χ4n) is 5.74. The first kappa shape index (κ1) is 44.4. The second-order valence-electron chi connectivity index (χ2n) is 14.0. The minimum atomic E-state index is -0.757. The molecule has 0 radical (unpaired) electrons. The SMILES string of the molecule is CCCCCCCCCCCCCCC(=O)O[C@H](COC(=O)CCCCCCCCC)COC(=O)CCCCCCCCC(C)C. The molecular weight excluding hydrogens is 576 g/mol. The smallest absolute Gasteiger partial charge is 0.306 e. The summed E-state index contributed by atoms with van der Waals surface area (Å²) in [6, 6.07) is 0. The molecule has 0 aliphatic carbocycles. The number of carbonyl (C=O) groups is 3. The molecule has 0 aromatic heterocycles. The summed E-state index contributed by atoms with van der Waals surface area (Å²) in [6.45, 7) is 8.85. The summed E-state index contributed by atoms with van der Waals surface area (Å²) < 4.78 is 16.6. The normalized spacial score (nSPS) is 11.9. The van der Waals surface area contributed by atoms with E-state index in [-0.39, 0.29) is 31.1 Å². The van der Waals surface area contributed by atoms with E-state index in [4.69, 9.17) is 14.2 Å². The fourth-order valence-corrected chi connectivity index (χ4v) is 5.74. The Bertz CT molecular complexity index is 691. The van der Waals surface area contributed by atoms with Gasteiger partial charge in [-0.3, -0.25) is 14.4 Å². The van der Waals surface area contributed by atoms with Crippen LogP contribution in [-0.4, -0.2) is 37.2 Å². The highest BCUT2D eigenvalue weighted by molar-refractivity contribution is 5.71. The van der Waals surface area contributed by atoms with Gasteiger partial charge >= 0.3 is 17.9 Å². The van der Waals surface area contributed by atoms with E-state index in [1.165, 1.54) is 109 Å². The minimum absolute atomic E-state index is 0.0663. The molecule has 0 spiro atoms. The van der Waals surface area contributed by atoms with Crippen molar-refractivity contribution in [2.24, 2.45) is 5.92 Å². The first-order chi connectivity index (χ1) is 22.4.